The first kappa shape index (κ1) is 29.1. The maximum Gasteiger partial charge on any atom is 0.416 e. The molecule has 0 bridgehead atoms. The number of halogens is 4. The average molecular weight is 550 g/mol. The quantitative estimate of drug-likeness (QED) is 0.347. The number of nitrogen functional groups attached to an aromatic ring is 1. The molecule has 2 amide bonds. The number of benzene rings is 2. The molecule has 208 valence electrons. The van der Waals surface area contributed by atoms with Crippen LogP contribution in [0.2, 0.25) is 0 Å². The number of hydrogen-bond acceptors (Lipinski definition) is 6. The lowest BCUT2D eigenvalue weighted by Gasteiger charge is -2.26. The molecule has 0 saturated carbocycles. The maximum absolute atomic E-state index is 14.5. The lowest BCUT2D eigenvalue weighted by atomic mass is 10.0. The normalized spacial score (nSPS) is 12.5. The molecule has 0 fully saturated rings. The first-order valence-electron chi connectivity index (χ1n) is 11.6. The number of hydrogen-bond donors (Lipinski definition) is 2. The van der Waals surface area contributed by atoms with Gasteiger partial charge in [0.2, 0.25) is 0 Å². The van der Waals surface area contributed by atoms with E-state index in [0.717, 1.165) is 29.2 Å². The van der Waals surface area contributed by atoms with Crippen LogP contribution in [-0.2, 0) is 10.9 Å². The van der Waals surface area contributed by atoms with Gasteiger partial charge >= 0.3 is 12.3 Å². The van der Waals surface area contributed by atoms with E-state index in [1.54, 1.807) is 20.8 Å². The third-order valence-corrected chi connectivity index (χ3v) is 5.39. The van der Waals surface area contributed by atoms with E-state index in [1.165, 1.54) is 38.2 Å². The largest absolute Gasteiger partial charge is 0.443 e. The van der Waals surface area contributed by atoms with Crippen LogP contribution < -0.4 is 21.5 Å². The van der Waals surface area contributed by atoms with Crippen molar-refractivity contribution >= 4 is 23.4 Å². The topological polar surface area (TPSA) is 120 Å². The number of nitrogens with two attached hydrogens (primary N) is 1. The second kappa shape index (κ2) is 10.8. The number of nitrogens with zero attached hydrogens (tertiary/aromatic N) is 3. The fraction of sp³-hybridized carbons (Fsp3) is 0.308. The number of anilines is 2. The van der Waals surface area contributed by atoms with Crippen LogP contribution >= 0.6 is 0 Å². The molecule has 1 aromatic heterocycles. The van der Waals surface area contributed by atoms with Crippen LogP contribution in [0.3, 0.4) is 0 Å². The summed E-state index contributed by atoms with van der Waals surface area (Å²) in [5.74, 6) is -1.77. The van der Waals surface area contributed by atoms with E-state index in [9.17, 15) is 31.9 Å². The molecule has 0 aliphatic carbocycles. The van der Waals surface area contributed by atoms with E-state index in [0.29, 0.717) is 4.68 Å². The fourth-order valence-electron chi connectivity index (χ4n) is 3.53. The van der Waals surface area contributed by atoms with E-state index in [-0.39, 0.29) is 22.6 Å². The lowest BCUT2D eigenvalue weighted by Crippen LogP contribution is -2.38. The van der Waals surface area contributed by atoms with Gasteiger partial charge in [0.25, 0.3) is 11.5 Å². The number of carbonyl (C=O) groups excluding carboxylic acids is 2. The molecule has 39 heavy (non-hydrogen) atoms. The summed E-state index contributed by atoms with van der Waals surface area (Å²) < 4.78 is 60.3. The zero-order chi connectivity index (χ0) is 29.3. The Hall–Kier alpha value is -4.42. The summed E-state index contributed by atoms with van der Waals surface area (Å²) in [6.45, 7) is 6.26. The summed E-state index contributed by atoms with van der Waals surface area (Å²) in [7, 11) is 1.24. The number of ether oxygens (including phenoxy) is 1. The summed E-state index contributed by atoms with van der Waals surface area (Å²) in [5, 5.41) is 6.52. The number of rotatable bonds is 5. The molecule has 0 unspecified atom stereocenters. The van der Waals surface area contributed by atoms with Crippen molar-refractivity contribution in [2.75, 3.05) is 17.7 Å². The number of aromatic nitrogens is 2. The predicted octanol–water partition coefficient (Wildman–Crippen LogP) is 4.83. The van der Waals surface area contributed by atoms with Gasteiger partial charge in [-0.2, -0.15) is 23.0 Å². The van der Waals surface area contributed by atoms with Crippen molar-refractivity contribution in [3.8, 4) is 5.69 Å². The highest BCUT2D eigenvalue weighted by atomic mass is 19.4. The summed E-state index contributed by atoms with van der Waals surface area (Å²) in [6, 6.07) is 7.95. The van der Waals surface area contributed by atoms with Gasteiger partial charge in [0.1, 0.15) is 17.1 Å². The first-order chi connectivity index (χ1) is 18.0. The summed E-state index contributed by atoms with van der Waals surface area (Å²) >= 11 is 0. The van der Waals surface area contributed by atoms with E-state index >= 15 is 0 Å². The molecule has 1 heterocycles. The maximum atomic E-state index is 14.5. The molecule has 0 aliphatic rings. The van der Waals surface area contributed by atoms with Crippen molar-refractivity contribution in [2.45, 2.75) is 45.5 Å². The van der Waals surface area contributed by atoms with Crippen LogP contribution in [0.25, 0.3) is 5.69 Å². The van der Waals surface area contributed by atoms with Crippen LogP contribution in [0.1, 0.15) is 55.4 Å². The van der Waals surface area contributed by atoms with E-state index in [1.807, 2.05) is 0 Å². The molecular weight excluding hydrogens is 522 g/mol. The van der Waals surface area contributed by atoms with Crippen molar-refractivity contribution in [3.05, 3.63) is 81.5 Å². The molecule has 9 nitrogen and oxygen atoms in total. The van der Waals surface area contributed by atoms with Gasteiger partial charge in [0.15, 0.2) is 5.69 Å². The van der Waals surface area contributed by atoms with E-state index in [4.69, 9.17) is 10.5 Å². The number of alkyl halides is 3. The van der Waals surface area contributed by atoms with Gasteiger partial charge < -0.3 is 15.8 Å². The van der Waals surface area contributed by atoms with Crippen molar-refractivity contribution in [1.29, 1.82) is 0 Å². The summed E-state index contributed by atoms with van der Waals surface area (Å²) in [4.78, 5) is 39.9. The van der Waals surface area contributed by atoms with Crippen LogP contribution in [-0.4, -0.2) is 34.4 Å². The monoisotopic (exact) mass is 549 g/mol. The van der Waals surface area contributed by atoms with Gasteiger partial charge in [-0.1, -0.05) is 12.1 Å². The molecule has 1 atom stereocenters. The summed E-state index contributed by atoms with van der Waals surface area (Å²) in [6.07, 6.45) is -5.59. The fourth-order valence-corrected chi connectivity index (χ4v) is 3.53. The molecule has 3 N–H and O–H groups in total. The Bertz CT molecular complexity index is 1460. The zero-order valence-corrected chi connectivity index (χ0v) is 21.8. The Morgan fingerprint density at radius 1 is 1.10 bits per heavy atom. The van der Waals surface area contributed by atoms with E-state index in [2.05, 4.69) is 10.4 Å². The Morgan fingerprint density at radius 3 is 2.33 bits per heavy atom. The molecule has 13 heteroatoms. The van der Waals surface area contributed by atoms with Gasteiger partial charge in [-0.15, -0.1) is 0 Å². The minimum atomic E-state index is -4.67. The van der Waals surface area contributed by atoms with Gasteiger partial charge in [-0.3, -0.25) is 14.5 Å². The van der Waals surface area contributed by atoms with Crippen LogP contribution in [0.15, 0.2) is 53.3 Å². The lowest BCUT2D eigenvalue weighted by molar-refractivity contribution is -0.137. The van der Waals surface area contributed by atoms with Crippen LogP contribution in [0.4, 0.5) is 33.7 Å². The van der Waals surface area contributed by atoms with Crippen LogP contribution in [0, 0.1) is 5.82 Å². The zero-order valence-electron chi connectivity index (χ0n) is 21.8. The molecule has 2 aromatic carbocycles. The van der Waals surface area contributed by atoms with Crippen molar-refractivity contribution < 1.29 is 31.9 Å². The van der Waals surface area contributed by atoms with Crippen molar-refractivity contribution in [3.63, 3.8) is 0 Å². The van der Waals surface area contributed by atoms with Gasteiger partial charge in [0.05, 0.1) is 17.3 Å². The Balaban J connectivity index is 2.09. The first-order valence-corrected chi connectivity index (χ1v) is 11.6. The van der Waals surface area contributed by atoms with Gasteiger partial charge in [-0.05, 0) is 63.6 Å². The minimum Gasteiger partial charge on any atom is -0.443 e. The second-order valence-corrected chi connectivity index (χ2v) is 9.70. The molecular formula is C26H27F4N5O4. The molecule has 0 saturated heterocycles. The smallest absolute Gasteiger partial charge is 0.416 e. The molecule has 3 rings (SSSR count). The third-order valence-electron chi connectivity index (χ3n) is 5.39. The standard InChI is InChI=1S/C26H27F4N5O4/c1-14(15-10-16(26(28,29)30)12-17(31)11-15)32-23(37)22-20(34(5)24(38)39-25(2,3)4)13-21(36)35(33-22)19-9-7-6-8-18(19)27/h6-14H,31H2,1-5H3,(H,32,37)/t14-/m1/s1. The predicted molar refractivity (Wildman–Crippen MR) is 136 cm³/mol. The average Bonchev–Trinajstić information content (AvgIpc) is 2.81. The summed E-state index contributed by atoms with van der Waals surface area (Å²) in [5.41, 5.74) is 1.72. The van der Waals surface area contributed by atoms with Gasteiger partial charge in [0, 0.05) is 18.8 Å². The number of carbonyl (C=O) groups is 2. The molecule has 0 radical (unpaired) electrons. The third kappa shape index (κ3) is 6.92. The van der Waals surface area contributed by atoms with Crippen molar-refractivity contribution in [1.82, 2.24) is 15.1 Å². The molecule has 3 aromatic rings. The Morgan fingerprint density at radius 2 is 1.74 bits per heavy atom. The number of para-hydroxylation sites is 1. The van der Waals surface area contributed by atoms with Crippen LogP contribution in [0.5, 0.6) is 0 Å². The number of amides is 2. The SMILES string of the molecule is C[C@@H](NC(=O)c1nn(-c2ccccc2F)c(=O)cc1N(C)C(=O)OC(C)(C)C)c1cc(N)cc(C(F)(F)F)c1. The number of nitrogens with one attached hydrogen (secondary N) is 1. The second-order valence-electron chi connectivity index (χ2n) is 9.70. The highest BCUT2D eigenvalue weighted by molar-refractivity contribution is 6.01. The molecule has 0 aliphatic heterocycles. The van der Waals surface area contributed by atoms with E-state index < -0.39 is 52.5 Å². The van der Waals surface area contributed by atoms with Crippen molar-refractivity contribution in [2.24, 2.45) is 0 Å². The van der Waals surface area contributed by atoms with Gasteiger partial charge in [-0.25, -0.2) is 9.18 Å². The highest BCUT2D eigenvalue weighted by Crippen LogP contribution is 2.33. The Kier molecular flexibility index (Phi) is 8.03. The molecule has 0 spiro atoms. The minimum absolute atomic E-state index is 0.0418. The Labute approximate surface area is 221 Å². The highest BCUT2D eigenvalue weighted by Gasteiger charge is 2.32.